The molecule has 184 valence electrons. The van der Waals surface area contributed by atoms with Gasteiger partial charge in [0.05, 0.1) is 5.56 Å². The van der Waals surface area contributed by atoms with Crippen molar-refractivity contribution in [3.8, 4) is 11.1 Å². The molecule has 2 aromatic carbocycles. The molecule has 1 aliphatic carbocycles. The molecule has 0 heterocycles. The summed E-state index contributed by atoms with van der Waals surface area (Å²) in [6.07, 6.45) is 11.0. The molecule has 0 saturated heterocycles. The molecular formula is C30H38F2O2. The third kappa shape index (κ3) is 6.77. The molecule has 0 atom stereocenters. The van der Waals surface area contributed by atoms with Gasteiger partial charge < -0.3 is 5.11 Å². The number of hydrogen-bond acceptors (Lipinski definition) is 1. The van der Waals surface area contributed by atoms with Gasteiger partial charge in [-0.1, -0.05) is 76.3 Å². The number of carboxylic acids is 1. The van der Waals surface area contributed by atoms with E-state index in [1.54, 1.807) is 0 Å². The van der Waals surface area contributed by atoms with E-state index < -0.39 is 17.6 Å². The highest BCUT2D eigenvalue weighted by Gasteiger charge is 2.22. The Hall–Kier alpha value is -2.49. The monoisotopic (exact) mass is 468 g/mol. The van der Waals surface area contributed by atoms with Crippen LogP contribution in [0.5, 0.6) is 0 Å². The topological polar surface area (TPSA) is 37.3 Å². The minimum atomic E-state index is -1.08. The first-order valence-corrected chi connectivity index (χ1v) is 13.0. The summed E-state index contributed by atoms with van der Waals surface area (Å²) in [6, 6.07) is 12.2. The molecule has 1 fully saturated rings. The Morgan fingerprint density at radius 3 is 2.24 bits per heavy atom. The SMILES string of the molecule is CCCCCCC(F)=C(F)c1ccc(C(=O)O)c(-c2ccc(C3CCC(CCC)CC3)cc2)c1. The number of benzene rings is 2. The van der Waals surface area contributed by atoms with E-state index in [-0.39, 0.29) is 17.5 Å². The minimum Gasteiger partial charge on any atom is -0.478 e. The number of carboxylic acid groups (broad SMARTS) is 1. The lowest BCUT2D eigenvalue weighted by Crippen LogP contribution is -2.13. The zero-order valence-corrected chi connectivity index (χ0v) is 20.6. The molecule has 0 aliphatic heterocycles. The van der Waals surface area contributed by atoms with Gasteiger partial charge in [-0.05, 0) is 72.8 Å². The molecule has 0 radical (unpaired) electrons. The first kappa shape index (κ1) is 26.1. The first-order valence-electron chi connectivity index (χ1n) is 13.0. The van der Waals surface area contributed by atoms with Gasteiger partial charge in [-0.2, -0.15) is 0 Å². The summed E-state index contributed by atoms with van der Waals surface area (Å²) in [6.45, 7) is 4.32. The van der Waals surface area contributed by atoms with Crippen LogP contribution < -0.4 is 0 Å². The Morgan fingerprint density at radius 2 is 1.62 bits per heavy atom. The lowest BCUT2D eigenvalue weighted by molar-refractivity contribution is 0.0697. The van der Waals surface area contributed by atoms with Crippen LogP contribution in [0, 0.1) is 5.92 Å². The summed E-state index contributed by atoms with van der Waals surface area (Å²) in [5, 5.41) is 9.68. The van der Waals surface area contributed by atoms with Gasteiger partial charge in [0.25, 0.3) is 0 Å². The molecule has 1 N–H and O–H groups in total. The van der Waals surface area contributed by atoms with Crippen molar-refractivity contribution in [3.63, 3.8) is 0 Å². The van der Waals surface area contributed by atoms with Gasteiger partial charge in [0.15, 0.2) is 5.83 Å². The molecule has 0 aromatic heterocycles. The predicted octanol–water partition coefficient (Wildman–Crippen LogP) is 9.70. The normalized spacial score (nSPS) is 19.1. The van der Waals surface area contributed by atoms with Gasteiger partial charge in [0, 0.05) is 12.0 Å². The minimum absolute atomic E-state index is 0.0665. The number of allylic oxidation sites excluding steroid dienone is 1. The van der Waals surface area contributed by atoms with Crippen molar-refractivity contribution < 1.29 is 18.7 Å². The van der Waals surface area contributed by atoms with E-state index in [1.807, 2.05) is 12.1 Å². The predicted molar refractivity (Wildman–Crippen MR) is 136 cm³/mol. The molecule has 4 heteroatoms. The summed E-state index contributed by atoms with van der Waals surface area (Å²) in [5.41, 5.74) is 2.57. The van der Waals surface area contributed by atoms with Crippen LogP contribution in [0.1, 0.15) is 112 Å². The van der Waals surface area contributed by atoms with Crippen LogP contribution in [0.15, 0.2) is 48.3 Å². The number of halogens is 2. The number of unbranched alkanes of at least 4 members (excludes halogenated alkanes) is 3. The fourth-order valence-corrected chi connectivity index (χ4v) is 5.21. The second-order valence-corrected chi connectivity index (χ2v) is 9.72. The van der Waals surface area contributed by atoms with Crippen LogP contribution >= 0.6 is 0 Å². The molecule has 0 amide bonds. The number of aromatic carboxylic acids is 1. The Kier molecular flexibility index (Phi) is 9.86. The highest BCUT2D eigenvalue weighted by Crippen LogP contribution is 2.38. The van der Waals surface area contributed by atoms with Gasteiger partial charge in [-0.3, -0.25) is 0 Å². The Bertz CT molecular complexity index is 970. The van der Waals surface area contributed by atoms with Gasteiger partial charge in [0.2, 0.25) is 0 Å². The summed E-state index contributed by atoms with van der Waals surface area (Å²) in [5.74, 6) is -1.36. The van der Waals surface area contributed by atoms with Gasteiger partial charge in [0.1, 0.15) is 5.83 Å². The second kappa shape index (κ2) is 12.8. The van der Waals surface area contributed by atoms with E-state index >= 15 is 0 Å². The molecule has 2 nitrogen and oxygen atoms in total. The fourth-order valence-electron chi connectivity index (χ4n) is 5.21. The van der Waals surface area contributed by atoms with Gasteiger partial charge in [-0.25, -0.2) is 13.6 Å². The molecule has 0 bridgehead atoms. The van der Waals surface area contributed by atoms with Crippen LogP contribution in [-0.4, -0.2) is 11.1 Å². The molecule has 34 heavy (non-hydrogen) atoms. The van der Waals surface area contributed by atoms with Crippen LogP contribution in [-0.2, 0) is 0 Å². The molecule has 3 rings (SSSR count). The van der Waals surface area contributed by atoms with E-state index in [2.05, 4.69) is 26.0 Å². The Balaban J connectivity index is 1.80. The van der Waals surface area contributed by atoms with Crippen molar-refractivity contribution in [1.29, 1.82) is 0 Å². The zero-order chi connectivity index (χ0) is 24.5. The van der Waals surface area contributed by atoms with Crippen molar-refractivity contribution in [2.75, 3.05) is 0 Å². The molecule has 0 unspecified atom stereocenters. The number of carbonyl (C=O) groups is 1. The van der Waals surface area contributed by atoms with E-state index in [9.17, 15) is 18.7 Å². The maximum atomic E-state index is 14.8. The average Bonchev–Trinajstić information content (AvgIpc) is 2.86. The van der Waals surface area contributed by atoms with E-state index in [0.29, 0.717) is 23.5 Å². The summed E-state index contributed by atoms with van der Waals surface area (Å²) < 4.78 is 29.2. The number of rotatable bonds is 11. The van der Waals surface area contributed by atoms with Crippen LogP contribution in [0.4, 0.5) is 8.78 Å². The second-order valence-electron chi connectivity index (χ2n) is 9.72. The van der Waals surface area contributed by atoms with Gasteiger partial charge in [-0.15, -0.1) is 0 Å². The van der Waals surface area contributed by atoms with Crippen LogP contribution in [0.3, 0.4) is 0 Å². The number of hydrogen-bond donors (Lipinski definition) is 1. The average molecular weight is 469 g/mol. The standard InChI is InChI=1S/C30H38F2O2/c1-3-5-6-7-9-28(31)29(32)25-18-19-26(30(33)34)27(20-25)24-16-14-23(15-17-24)22-12-10-21(8-4-2)11-13-22/h14-22H,3-13H2,1-2H3,(H,33,34). The highest BCUT2D eigenvalue weighted by molar-refractivity contribution is 5.96. The molecule has 0 spiro atoms. The molecular weight excluding hydrogens is 430 g/mol. The molecule has 1 saturated carbocycles. The Labute approximate surface area is 203 Å². The van der Waals surface area contributed by atoms with Crippen LogP contribution in [0.25, 0.3) is 17.0 Å². The maximum Gasteiger partial charge on any atom is 0.336 e. The molecule has 2 aromatic rings. The largest absolute Gasteiger partial charge is 0.478 e. The lowest BCUT2D eigenvalue weighted by Gasteiger charge is -2.28. The van der Waals surface area contributed by atoms with E-state index in [0.717, 1.165) is 25.2 Å². The van der Waals surface area contributed by atoms with Crippen molar-refractivity contribution in [1.82, 2.24) is 0 Å². The Morgan fingerprint density at radius 1 is 0.912 bits per heavy atom. The maximum absolute atomic E-state index is 14.8. The lowest BCUT2D eigenvalue weighted by atomic mass is 9.77. The van der Waals surface area contributed by atoms with Crippen molar-refractivity contribution >= 4 is 11.8 Å². The van der Waals surface area contributed by atoms with Crippen molar-refractivity contribution in [2.24, 2.45) is 5.92 Å². The van der Waals surface area contributed by atoms with E-state index in [1.165, 1.54) is 62.3 Å². The smallest absolute Gasteiger partial charge is 0.336 e. The molecule has 1 aliphatic rings. The third-order valence-electron chi connectivity index (χ3n) is 7.23. The summed E-state index contributed by atoms with van der Waals surface area (Å²) >= 11 is 0. The van der Waals surface area contributed by atoms with Crippen molar-refractivity contribution in [2.45, 2.75) is 90.4 Å². The van der Waals surface area contributed by atoms with E-state index in [4.69, 9.17) is 0 Å². The zero-order valence-electron chi connectivity index (χ0n) is 20.6. The summed E-state index contributed by atoms with van der Waals surface area (Å²) in [7, 11) is 0. The van der Waals surface area contributed by atoms with Crippen LogP contribution in [0.2, 0.25) is 0 Å². The highest BCUT2D eigenvalue weighted by atomic mass is 19.2. The fraction of sp³-hybridized carbons (Fsp3) is 0.500. The first-order chi connectivity index (χ1) is 16.4. The third-order valence-corrected chi connectivity index (χ3v) is 7.23. The van der Waals surface area contributed by atoms with Crippen molar-refractivity contribution in [3.05, 3.63) is 65.0 Å². The quantitative estimate of drug-likeness (QED) is 0.333. The summed E-state index contributed by atoms with van der Waals surface area (Å²) in [4.78, 5) is 11.8. The van der Waals surface area contributed by atoms with Gasteiger partial charge >= 0.3 is 5.97 Å².